The number of nitrogens with zero attached hydrogens (tertiary/aromatic N) is 2. The van der Waals surface area contributed by atoms with Gasteiger partial charge in [-0.25, -0.2) is 9.97 Å². The first kappa shape index (κ1) is 11.6. The van der Waals surface area contributed by atoms with Crippen molar-refractivity contribution >= 4 is 11.1 Å². The van der Waals surface area contributed by atoms with E-state index in [1.807, 2.05) is 6.92 Å². The Kier molecular flexibility index (Phi) is 3.63. The predicted molar refractivity (Wildman–Crippen MR) is 57.4 cm³/mol. The summed E-state index contributed by atoms with van der Waals surface area (Å²) in [5.41, 5.74) is 0.944. The third-order valence-corrected chi connectivity index (χ3v) is 3.55. The third kappa shape index (κ3) is 2.45. The van der Waals surface area contributed by atoms with E-state index >= 15 is 0 Å². The van der Waals surface area contributed by atoms with E-state index in [0.717, 1.165) is 12.0 Å². The summed E-state index contributed by atoms with van der Waals surface area (Å²) in [6.07, 6.45) is 4.20. The maximum absolute atomic E-state index is 11.1. The molecule has 0 amide bonds. The molecule has 1 unspecified atom stereocenters. The van der Waals surface area contributed by atoms with Crippen molar-refractivity contribution in [1.82, 2.24) is 9.97 Å². The summed E-state index contributed by atoms with van der Waals surface area (Å²) in [5, 5.41) is -0.531. The molecular formula is C10H13N2O3S-. The lowest BCUT2D eigenvalue weighted by molar-refractivity contribution is 0.0121. The number of aryl methyl sites for hydroxylation is 1. The zero-order valence-electron chi connectivity index (χ0n) is 8.96. The molecule has 0 radical (unpaired) electrons. The van der Waals surface area contributed by atoms with Crippen LogP contribution in [0.2, 0.25) is 0 Å². The molecule has 1 aromatic heterocycles. The summed E-state index contributed by atoms with van der Waals surface area (Å²) in [7, 11) is 0. The van der Waals surface area contributed by atoms with Crippen molar-refractivity contribution in [3.8, 4) is 0 Å². The second-order valence-corrected chi connectivity index (χ2v) is 4.98. The molecule has 1 aromatic rings. The van der Waals surface area contributed by atoms with Gasteiger partial charge in [0, 0.05) is 19.0 Å². The Morgan fingerprint density at radius 3 is 2.81 bits per heavy atom. The molecule has 16 heavy (non-hydrogen) atoms. The molecule has 3 atom stereocenters. The zero-order chi connectivity index (χ0) is 11.5. The van der Waals surface area contributed by atoms with Crippen LogP contribution < -0.4 is 0 Å². The molecule has 2 rings (SSSR count). The Labute approximate surface area is 96.5 Å². The molecule has 2 heterocycles. The number of hydrogen-bond donors (Lipinski definition) is 0. The highest BCUT2D eigenvalue weighted by molar-refractivity contribution is 7.79. The fraction of sp³-hybridized carbons (Fsp3) is 0.600. The third-order valence-electron chi connectivity index (χ3n) is 2.57. The molecule has 1 aliphatic rings. The van der Waals surface area contributed by atoms with E-state index in [9.17, 15) is 8.76 Å². The maximum atomic E-state index is 11.1. The summed E-state index contributed by atoms with van der Waals surface area (Å²) in [5.74, 6) is 0.458. The lowest BCUT2D eigenvalue weighted by atomic mass is 10.1. The van der Waals surface area contributed by atoms with Crippen LogP contribution in [0.15, 0.2) is 12.4 Å². The van der Waals surface area contributed by atoms with Crippen LogP contribution in [0.3, 0.4) is 0 Å². The molecule has 1 fully saturated rings. The van der Waals surface area contributed by atoms with Crippen LogP contribution in [0.25, 0.3) is 0 Å². The van der Waals surface area contributed by atoms with Gasteiger partial charge in [0.05, 0.1) is 5.25 Å². The molecule has 0 aromatic carbocycles. The summed E-state index contributed by atoms with van der Waals surface area (Å²) in [4.78, 5) is 8.25. The molecule has 5 nitrogen and oxygen atoms in total. The van der Waals surface area contributed by atoms with E-state index in [2.05, 4.69) is 9.97 Å². The molecule has 0 spiro atoms. The van der Waals surface area contributed by atoms with Crippen LogP contribution in [0.1, 0.15) is 30.3 Å². The van der Waals surface area contributed by atoms with E-state index in [4.69, 9.17) is 4.74 Å². The highest BCUT2D eigenvalue weighted by Crippen LogP contribution is 2.29. The van der Waals surface area contributed by atoms with Crippen LogP contribution in [-0.2, 0) is 15.8 Å². The summed E-state index contributed by atoms with van der Waals surface area (Å²) >= 11 is -2.14. The van der Waals surface area contributed by atoms with Gasteiger partial charge in [0.25, 0.3) is 0 Å². The summed E-state index contributed by atoms with van der Waals surface area (Å²) in [6.45, 7) is 2.45. The average Bonchev–Trinajstić information content (AvgIpc) is 2.30. The van der Waals surface area contributed by atoms with Crippen molar-refractivity contribution in [3.05, 3.63) is 23.8 Å². The summed E-state index contributed by atoms with van der Waals surface area (Å²) < 4.78 is 27.6. The van der Waals surface area contributed by atoms with Gasteiger partial charge in [0.1, 0.15) is 6.10 Å². The minimum absolute atomic E-state index is 0.458. The zero-order valence-corrected chi connectivity index (χ0v) is 9.77. The first-order valence-corrected chi connectivity index (χ1v) is 6.30. The van der Waals surface area contributed by atoms with Gasteiger partial charge in [0.15, 0.2) is 5.82 Å². The average molecular weight is 241 g/mol. The lowest BCUT2D eigenvalue weighted by Crippen LogP contribution is -2.32. The highest BCUT2D eigenvalue weighted by atomic mass is 32.2. The van der Waals surface area contributed by atoms with Crippen molar-refractivity contribution in [2.24, 2.45) is 0 Å². The van der Waals surface area contributed by atoms with Crippen molar-refractivity contribution in [1.29, 1.82) is 0 Å². The van der Waals surface area contributed by atoms with Crippen LogP contribution >= 0.6 is 0 Å². The van der Waals surface area contributed by atoms with Crippen LogP contribution in [0.4, 0.5) is 0 Å². The Hall–Kier alpha value is -0.850. The normalized spacial score (nSPS) is 27.6. The summed E-state index contributed by atoms with van der Waals surface area (Å²) in [6, 6.07) is 0. The van der Waals surface area contributed by atoms with Gasteiger partial charge in [-0.2, -0.15) is 0 Å². The predicted octanol–water partition coefficient (Wildman–Crippen LogP) is 0.884. The number of aromatic nitrogens is 2. The van der Waals surface area contributed by atoms with E-state index in [-0.39, 0.29) is 0 Å². The Morgan fingerprint density at radius 1 is 1.50 bits per heavy atom. The van der Waals surface area contributed by atoms with E-state index in [0.29, 0.717) is 18.9 Å². The smallest absolute Gasteiger partial charge is 0.158 e. The Bertz CT molecular complexity index is 382. The SMILES string of the molecule is Cc1cnc([C@@H]2OCCC[C@@H]2S(=O)[O-])nc1. The monoisotopic (exact) mass is 241 g/mol. The maximum Gasteiger partial charge on any atom is 0.158 e. The number of hydrogen-bond acceptors (Lipinski definition) is 5. The number of ether oxygens (including phenoxy) is 1. The van der Waals surface area contributed by atoms with Crippen LogP contribution in [0.5, 0.6) is 0 Å². The van der Waals surface area contributed by atoms with E-state index < -0.39 is 22.4 Å². The van der Waals surface area contributed by atoms with Gasteiger partial charge in [0.2, 0.25) is 0 Å². The number of rotatable bonds is 2. The van der Waals surface area contributed by atoms with Gasteiger partial charge in [-0.15, -0.1) is 0 Å². The van der Waals surface area contributed by atoms with Gasteiger partial charge >= 0.3 is 0 Å². The van der Waals surface area contributed by atoms with Crippen molar-refractivity contribution < 1.29 is 13.5 Å². The molecule has 1 saturated heterocycles. The topological polar surface area (TPSA) is 75.1 Å². The standard InChI is InChI=1S/C10H14N2O3S/c1-7-5-11-10(12-6-7)9-8(16(13)14)3-2-4-15-9/h5-6,8-9H,2-4H2,1H3,(H,13,14)/p-1/t8-,9+/m0/s1. The highest BCUT2D eigenvalue weighted by Gasteiger charge is 2.30. The van der Waals surface area contributed by atoms with Gasteiger partial charge in [-0.1, -0.05) is 0 Å². The fourth-order valence-electron chi connectivity index (χ4n) is 1.74. The van der Waals surface area contributed by atoms with Gasteiger partial charge < -0.3 is 9.29 Å². The van der Waals surface area contributed by atoms with Crippen LogP contribution in [0, 0.1) is 6.92 Å². The Morgan fingerprint density at radius 2 is 2.19 bits per heavy atom. The van der Waals surface area contributed by atoms with Crippen LogP contribution in [-0.4, -0.2) is 30.6 Å². The lowest BCUT2D eigenvalue weighted by Gasteiger charge is -2.31. The molecule has 88 valence electrons. The molecule has 0 saturated carbocycles. The Balaban J connectivity index is 2.23. The minimum atomic E-state index is -2.14. The first-order valence-electron chi connectivity index (χ1n) is 5.16. The molecule has 0 aliphatic carbocycles. The van der Waals surface area contributed by atoms with Gasteiger partial charge in [-0.05, 0) is 36.4 Å². The molecule has 0 bridgehead atoms. The molecule has 6 heteroatoms. The molecular weight excluding hydrogens is 228 g/mol. The second-order valence-electron chi connectivity index (χ2n) is 3.85. The van der Waals surface area contributed by atoms with Crippen molar-refractivity contribution in [2.45, 2.75) is 31.1 Å². The second kappa shape index (κ2) is 4.99. The minimum Gasteiger partial charge on any atom is -0.772 e. The quantitative estimate of drug-likeness (QED) is 0.719. The van der Waals surface area contributed by atoms with Crippen molar-refractivity contribution in [3.63, 3.8) is 0 Å². The largest absolute Gasteiger partial charge is 0.772 e. The fourth-order valence-corrected chi connectivity index (χ4v) is 2.50. The molecule has 0 N–H and O–H groups in total. The van der Waals surface area contributed by atoms with Gasteiger partial charge in [-0.3, -0.25) is 4.21 Å². The molecule has 1 aliphatic heterocycles. The van der Waals surface area contributed by atoms with E-state index in [1.54, 1.807) is 12.4 Å². The first-order chi connectivity index (χ1) is 7.68. The van der Waals surface area contributed by atoms with E-state index in [1.165, 1.54) is 0 Å². The van der Waals surface area contributed by atoms with Crippen molar-refractivity contribution in [2.75, 3.05) is 6.61 Å².